The lowest BCUT2D eigenvalue weighted by molar-refractivity contribution is -0.134. The molecule has 3 aromatic rings. The highest BCUT2D eigenvalue weighted by atomic mass is 32.2. The van der Waals surface area contributed by atoms with Gasteiger partial charge in [0.25, 0.3) is 0 Å². The van der Waals surface area contributed by atoms with Crippen LogP contribution in [0.5, 0.6) is 0 Å². The van der Waals surface area contributed by atoms with Gasteiger partial charge in [0.1, 0.15) is 5.82 Å². The molecule has 5 nitrogen and oxygen atoms in total. The van der Waals surface area contributed by atoms with Crippen LogP contribution in [0.1, 0.15) is 5.56 Å². The molecule has 0 saturated carbocycles. The molecule has 0 amide bonds. The minimum absolute atomic E-state index is 0.0915. The number of aliphatic carboxylic acids is 1. The second-order valence-corrected chi connectivity index (χ2v) is 8.68. The van der Waals surface area contributed by atoms with E-state index in [0.717, 1.165) is 16.7 Å². The number of carboxylic acids is 1. The molecule has 0 fully saturated rings. The first kappa shape index (κ1) is 20.5. The predicted octanol–water partition coefficient (Wildman–Crippen LogP) is 4.43. The summed E-state index contributed by atoms with van der Waals surface area (Å²) in [5.74, 6) is -2.80. The highest BCUT2D eigenvalue weighted by Gasteiger charge is 2.19. The molecule has 0 heterocycles. The third kappa shape index (κ3) is 4.46. The molecule has 0 aromatic heterocycles. The Hall–Kier alpha value is -3.19. The zero-order valence-corrected chi connectivity index (χ0v) is 16.8. The number of sulfone groups is 1. The number of hydrogen-bond acceptors (Lipinski definition) is 4. The molecule has 1 N–H and O–H groups in total. The van der Waals surface area contributed by atoms with Crippen LogP contribution < -0.4 is 4.90 Å². The summed E-state index contributed by atoms with van der Waals surface area (Å²) in [5, 5.41) is 8.74. The van der Waals surface area contributed by atoms with Gasteiger partial charge in [0.15, 0.2) is 15.6 Å². The van der Waals surface area contributed by atoms with E-state index in [4.69, 9.17) is 5.11 Å². The number of aryl methyl sites for hydroxylation is 1. The van der Waals surface area contributed by atoms with Crippen LogP contribution in [0.25, 0.3) is 11.1 Å². The Morgan fingerprint density at radius 3 is 2.31 bits per heavy atom. The lowest BCUT2D eigenvalue weighted by Crippen LogP contribution is -2.16. The smallest absolute Gasteiger partial charge is 0.319 e. The Labute approximate surface area is 169 Å². The summed E-state index contributed by atoms with van der Waals surface area (Å²) in [6.45, 7) is 1.98. The number of carboxylic acid groups (broad SMARTS) is 1. The minimum Gasteiger partial charge on any atom is -0.480 e. The van der Waals surface area contributed by atoms with Crippen LogP contribution in [0.15, 0.2) is 71.6 Å². The number of benzene rings is 3. The fourth-order valence-corrected chi connectivity index (χ4v) is 4.14. The van der Waals surface area contributed by atoms with Gasteiger partial charge in [-0.25, -0.2) is 12.8 Å². The number of hydrogen-bond donors (Lipinski definition) is 1. The summed E-state index contributed by atoms with van der Waals surface area (Å²) in [4.78, 5) is 12.3. The van der Waals surface area contributed by atoms with Crippen molar-refractivity contribution in [2.24, 2.45) is 0 Å². The van der Waals surface area contributed by atoms with Crippen LogP contribution in [0, 0.1) is 12.7 Å². The molecule has 150 valence electrons. The number of carbonyl (C=O) groups is 1. The molecular weight excluding hydrogens is 393 g/mol. The van der Waals surface area contributed by atoms with E-state index in [1.54, 1.807) is 24.1 Å². The van der Waals surface area contributed by atoms with E-state index in [1.807, 2.05) is 31.2 Å². The Balaban J connectivity index is 1.95. The maximum absolute atomic E-state index is 14.5. The first-order valence-electron chi connectivity index (χ1n) is 8.83. The zero-order valence-electron chi connectivity index (χ0n) is 16.0. The molecule has 0 aliphatic rings. The molecule has 0 atom stereocenters. The van der Waals surface area contributed by atoms with Crippen LogP contribution in [-0.4, -0.2) is 32.3 Å². The van der Waals surface area contributed by atoms with Crippen molar-refractivity contribution in [3.05, 3.63) is 78.1 Å². The zero-order chi connectivity index (χ0) is 21.2. The summed E-state index contributed by atoms with van der Waals surface area (Å²) in [5.41, 5.74) is 3.84. The number of nitrogens with zero attached hydrogens (tertiary/aromatic N) is 1. The van der Waals surface area contributed by atoms with Crippen LogP contribution in [0.2, 0.25) is 0 Å². The van der Waals surface area contributed by atoms with E-state index in [0.29, 0.717) is 11.4 Å². The SMILES string of the molecule is Cc1ccccc1-c1ccc(F)c(N(C)c2ccc(S(=O)(=O)CC(=O)O)cc2)c1. The maximum Gasteiger partial charge on any atom is 0.319 e. The van der Waals surface area contributed by atoms with Crippen molar-refractivity contribution >= 4 is 27.2 Å². The Kier molecular flexibility index (Phi) is 5.70. The Bertz CT molecular complexity index is 1160. The third-order valence-electron chi connectivity index (χ3n) is 4.66. The van der Waals surface area contributed by atoms with Crippen LogP contribution in [-0.2, 0) is 14.6 Å². The van der Waals surface area contributed by atoms with Crippen molar-refractivity contribution in [3.63, 3.8) is 0 Å². The molecule has 0 saturated heterocycles. The second-order valence-electron chi connectivity index (χ2n) is 6.69. The van der Waals surface area contributed by atoms with Gasteiger partial charge in [-0.1, -0.05) is 30.3 Å². The second kappa shape index (κ2) is 8.05. The molecule has 0 bridgehead atoms. The van der Waals surface area contributed by atoms with Gasteiger partial charge in [-0.05, 0) is 60.0 Å². The summed E-state index contributed by atoms with van der Waals surface area (Å²) in [7, 11) is -2.23. The van der Waals surface area contributed by atoms with Crippen molar-refractivity contribution in [1.82, 2.24) is 0 Å². The third-order valence-corrected chi connectivity index (χ3v) is 6.28. The maximum atomic E-state index is 14.5. The average molecular weight is 413 g/mol. The summed E-state index contributed by atoms with van der Waals surface area (Å²) < 4.78 is 38.6. The molecule has 0 spiro atoms. The number of anilines is 2. The largest absolute Gasteiger partial charge is 0.480 e. The van der Waals surface area contributed by atoms with Gasteiger partial charge in [0.2, 0.25) is 0 Å². The predicted molar refractivity (Wildman–Crippen MR) is 111 cm³/mol. The Morgan fingerprint density at radius 1 is 1.03 bits per heavy atom. The van der Waals surface area contributed by atoms with Gasteiger partial charge in [0, 0.05) is 12.7 Å². The summed E-state index contributed by atoms with van der Waals surface area (Å²) >= 11 is 0. The van der Waals surface area contributed by atoms with E-state index in [1.165, 1.54) is 30.3 Å². The van der Waals surface area contributed by atoms with Crippen molar-refractivity contribution in [2.75, 3.05) is 17.7 Å². The van der Waals surface area contributed by atoms with Crippen LogP contribution in [0.3, 0.4) is 0 Å². The molecule has 29 heavy (non-hydrogen) atoms. The van der Waals surface area contributed by atoms with Crippen molar-refractivity contribution in [3.8, 4) is 11.1 Å². The topological polar surface area (TPSA) is 74.7 Å². The lowest BCUT2D eigenvalue weighted by Gasteiger charge is -2.21. The monoisotopic (exact) mass is 413 g/mol. The number of halogens is 1. The summed E-state index contributed by atoms with van der Waals surface area (Å²) in [6, 6.07) is 18.4. The molecule has 0 aliphatic heterocycles. The van der Waals surface area contributed by atoms with Gasteiger partial charge in [-0.15, -0.1) is 0 Å². The molecule has 3 rings (SSSR count). The van der Waals surface area contributed by atoms with Crippen molar-refractivity contribution < 1.29 is 22.7 Å². The fourth-order valence-electron chi connectivity index (χ4n) is 3.10. The molecule has 0 radical (unpaired) electrons. The van der Waals surface area contributed by atoms with Crippen LogP contribution in [0.4, 0.5) is 15.8 Å². The molecule has 0 unspecified atom stereocenters. The molecule has 3 aromatic carbocycles. The fraction of sp³-hybridized carbons (Fsp3) is 0.136. The number of rotatable bonds is 6. The van der Waals surface area contributed by atoms with Crippen molar-refractivity contribution in [1.29, 1.82) is 0 Å². The normalized spacial score (nSPS) is 11.3. The van der Waals surface area contributed by atoms with Gasteiger partial charge in [-0.2, -0.15) is 0 Å². The minimum atomic E-state index is -3.91. The van der Waals surface area contributed by atoms with E-state index < -0.39 is 27.4 Å². The van der Waals surface area contributed by atoms with E-state index in [2.05, 4.69) is 0 Å². The highest BCUT2D eigenvalue weighted by molar-refractivity contribution is 7.92. The standard InChI is InChI=1S/C22H20FNO4S/c1-15-5-3-4-6-19(15)16-7-12-20(23)21(13-16)24(2)17-8-10-18(11-9-17)29(27,28)14-22(25)26/h3-13H,14H2,1-2H3,(H,25,26). The average Bonchev–Trinajstić information content (AvgIpc) is 2.67. The van der Waals surface area contributed by atoms with E-state index in [9.17, 15) is 17.6 Å². The van der Waals surface area contributed by atoms with Gasteiger partial charge < -0.3 is 10.0 Å². The first-order chi connectivity index (χ1) is 13.7. The molecular formula is C22H20FNO4S. The lowest BCUT2D eigenvalue weighted by atomic mass is 10.00. The van der Waals surface area contributed by atoms with Gasteiger partial charge in [0.05, 0.1) is 10.6 Å². The van der Waals surface area contributed by atoms with Crippen LogP contribution >= 0.6 is 0 Å². The summed E-state index contributed by atoms with van der Waals surface area (Å²) in [6.07, 6.45) is 0. The molecule has 7 heteroatoms. The molecule has 0 aliphatic carbocycles. The van der Waals surface area contributed by atoms with E-state index >= 15 is 0 Å². The van der Waals surface area contributed by atoms with Gasteiger partial charge in [-0.3, -0.25) is 4.79 Å². The highest BCUT2D eigenvalue weighted by Crippen LogP contribution is 2.32. The first-order valence-corrected chi connectivity index (χ1v) is 10.5. The van der Waals surface area contributed by atoms with E-state index in [-0.39, 0.29) is 4.90 Å². The van der Waals surface area contributed by atoms with Gasteiger partial charge >= 0.3 is 5.97 Å². The van der Waals surface area contributed by atoms with Crippen molar-refractivity contribution in [2.45, 2.75) is 11.8 Å². The Morgan fingerprint density at radius 2 is 1.69 bits per heavy atom. The quantitative estimate of drug-likeness (QED) is 0.647.